The molecule has 0 saturated heterocycles. The highest BCUT2D eigenvalue weighted by molar-refractivity contribution is 9.10. The largest absolute Gasteiger partial charge is 0.444 e. The third kappa shape index (κ3) is 3.84. The van der Waals surface area contributed by atoms with Crippen molar-refractivity contribution < 1.29 is 9.53 Å². The van der Waals surface area contributed by atoms with Crippen LogP contribution in [0.2, 0.25) is 0 Å². The Balaban J connectivity index is 1.91. The molecule has 1 heterocycles. The van der Waals surface area contributed by atoms with Gasteiger partial charge in [0.2, 0.25) is 0 Å². The van der Waals surface area contributed by atoms with Crippen LogP contribution in [-0.4, -0.2) is 15.9 Å². The molecule has 5 nitrogen and oxygen atoms in total. The minimum atomic E-state index is -0.502. The Hall–Kier alpha value is -1.82. The van der Waals surface area contributed by atoms with Crippen molar-refractivity contribution in [2.45, 2.75) is 26.5 Å². The van der Waals surface area contributed by atoms with Gasteiger partial charge in [-0.05, 0) is 35.3 Å². The number of halogens is 1. The Morgan fingerprint density at radius 3 is 2.70 bits per heavy atom. The molecule has 1 aromatic carbocycles. The lowest BCUT2D eigenvalue weighted by Gasteiger charge is -2.06. The van der Waals surface area contributed by atoms with Gasteiger partial charge in [-0.25, -0.2) is 4.79 Å². The molecular formula is C14H16BrN3O2. The van der Waals surface area contributed by atoms with Gasteiger partial charge in [0.15, 0.2) is 4.60 Å². The molecule has 2 rings (SSSR count). The SMILES string of the molecule is CC(C)n1cc(NC(=O)OCc2ccccc2)c(Br)n1. The minimum absolute atomic E-state index is 0.224. The van der Waals surface area contributed by atoms with Crippen LogP contribution in [0.25, 0.3) is 0 Å². The minimum Gasteiger partial charge on any atom is -0.444 e. The second-order valence-electron chi connectivity index (χ2n) is 4.59. The van der Waals surface area contributed by atoms with E-state index in [0.29, 0.717) is 10.3 Å². The third-order valence-corrected chi connectivity index (χ3v) is 3.25. The Bertz CT molecular complexity index is 581. The van der Waals surface area contributed by atoms with Crippen LogP contribution in [0.4, 0.5) is 10.5 Å². The van der Waals surface area contributed by atoms with Crippen LogP contribution in [-0.2, 0) is 11.3 Å². The molecule has 1 N–H and O–H groups in total. The van der Waals surface area contributed by atoms with Crippen LogP contribution < -0.4 is 5.32 Å². The Kier molecular flexibility index (Phi) is 4.79. The van der Waals surface area contributed by atoms with E-state index in [1.54, 1.807) is 10.9 Å². The number of nitrogens with one attached hydrogen (secondary N) is 1. The Labute approximate surface area is 126 Å². The van der Waals surface area contributed by atoms with Gasteiger partial charge in [-0.2, -0.15) is 5.10 Å². The molecule has 0 aliphatic rings. The Morgan fingerprint density at radius 2 is 2.10 bits per heavy atom. The van der Waals surface area contributed by atoms with Crippen molar-refractivity contribution in [2.24, 2.45) is 0 Å². The third-order valence-electron chi connectivity index (χ3n) is 2.67. The molecule has 0 fully saturated rings. The van der Waals surface area contributed by atoms with Crippen molar-refractivity contribution >= 4 is 27.7 Å². The van der Waals surface area contributed by atoms with E-state index in [0.717, 1.165) is 5.56 Å². The first-order valence-electron chi connectivity index (χ1n) is 6.28. The number of hydrogen-bond donors (Lipinski definition) is 1. The average Bonchev–Trinajstić information content (AvgIpc) is 2.79. The molecule has 0 radical (unpaired) electrons. The first-order chi connectivity index (χ1) is 9.56. The average molecular weight is 338 g/mol. The summed E-state index contributed by atoms with van der Waals surface area (Å²) in [6.07, 6.45) is 1.26. The second-order valence-corrected chi connectivity index (χ2v) is 5.35. The first-order valence-corrected chi connectivity index (χ1v) is 7.08. The van der Waals surface area contributed by atoms with Crippen molar-refractivity contribution in [1.82, 2.24) is 9.78 Å². The maximum absolute atomic E-state index is 11.7. The van der Waals surface area contributed by atoms with Gasteiger partial charge in [-0.15, -0.1) is 0 Å². The molecule has 20 heavy (non-hydrogen) atoms. The molecule has 0 unspecified atom stereocenters. The van der Waals surface area contributed by atoms with E-state index in [-0.39, 0.29) is 12.6 Å². The summed E-state index contributed by atoms with van der Waals surface area (Å²) in [5, 5.41) is 6.91. The van der Waals surface area contributed by atoms with Crippen LogP contribution >= 0.6 is 15.9 Å². The summed E-state index contributed by atoms with van der Waals surface area (Å²) in [4.78, 5) is 11.7. The maximum Gasteiger partial charge on any atom is 0.412 e. The summed E-state index contributed by atoms with van der Waals surface area (Å²) in [5.74, 6) is 0. The first kappa shape index (κ1) is 14.6. The highest BCUT2D eigenvalue weighted by Crippen LogP contribution is 2.22. The topological polar surface area (TPSA) is 56.2 Å². The number of carbonyl (C=O) groups is 1. The summed E-state index contributed by atoms with van der Waals surface area (Å²) in [5.41, 5.74) is 1.54. The number of hydrogen-bond acceptors (Lipinski definition) is 3. The maximum atomic E-state index is 11.7. The van der Waals surface area contributed by atoms with Crippen molar-refractivity contribution in [3.05, 3.63) is 46.7 Å². The summed E-state index contributed by atoms with van der Waals surface area (Å²) < 4.78 is 7.50. The van der Waals surface area contributed by atoms with E-state index in [9.17, 15) is 4.79 Å². The molecule has 106 valence electrons. The predicted molar refractivity (Wildman–Crippen MR) is 80.6 cm³/mol. The molecule has 0 spiro atoms. The highest BCUT2D eigenvalue weighted by atomic mass is 79.9. The molecular weight excluding hydrogens is 322 g/mol. The van der Waals surface area contributed by atoms with E-state index in [1.165, 1.54) is 0 Å². The number of aromatic nitrogens is 2. The molecule has 1 aromatic heterocycles. The fourth-order valence-electron chi connectivity index (χ4n) is 1.59. The van der Waals surface area contributed by atoms with Gasteiger partial charge >= 0.3 is 6.09 Å². The van der Waals surface area contributed by atoms with Crippen molar-refractivity contribution in [2.75, 3.05) is 5.32 Å². The second kappa shape index (κ2) is 6.56. The van der Waals surface area contributed by atoms with Crippen LogP contribution in [0.15, 0.2) is 41.1 Å². The van der Waals surface area contributed by atoms with Crippen molar-refractivity contribution in [1.29, 1.82) is 0 Å². The number of nitrogens with zero attached hydrogens (tertiary/aromatic N) is 2. The van der Waals surface area contributed by atoms with E-state index < -0.39 is 6.09 Å². The van der Waals surface area contributed by atoms with Crippen molar-refractivity contribution in [3.63, 3.8) is 0 Å². The van der Waals surface area contributed by atoms with Gasteiger partial charge in [0.25, 0.3) is 0 Å². The fourth-order valence-corrected chi connectivity index (χ4v) is 1.97. The zero-order chi connectivity index (χ0) is 14.5. The molecule has 6 heteroatoms. The number of carbonyl (C=O) groups excluding carboxylic acids is 1. The molecule has 1 amide bonds. The molecule has 0 saturated carbocycles. The van der Waals surface area contributed by atoms with E-state index in [2.05, 4.69) is 26.3 Å². The molecule has 0 aliphatic heterocycles. The predicted octanol–water partition coefficient (Wildman–Crippen LogP) is 3.98. The number of rotatable bonds is 4. The smallest absolute Gasteiger partial charge is 0.412 e. The van der Waals surface area contributed by atoms with Crippen LogP contribution in [0.3, 0.4) is 0 Å². The fraction of sp³-hybridized carbons (Fsp3) is 0.286. The summed E-state index contributed by atoms with van der Waals surface area (Å²) in [7, 11) is 0. The van der Waals surface area contributed by atoms with Crippen molar-refractivity contribution in [3.8, 4) is 0 Å². The lowest BCUT2D eigenvalue weighted by atomic mass is 10.2. The van der Waals surface area contributed by atoms with E-state index in [4.69, 9.17) is 4.74 Å². The monoisotopic (exact) mass is 337 g/mol. The Morgan fingerprint density at radius 1 is 1.40 bits per heavy atom. The summed E-state index contributed by atoms with van der Waals surface area (Å²) in [6.45, 7) is 4.26. The zero-order valence-corrected chi connectivity index (χ0v) is 12.9. The van der Waals surface area contributed by atoms with Gasteiger partial charge in [0, 0.05) is 6.04 Å². The lowest BCUT2D eigenvalue weighted by molar-refractivity contribution is 0.155. The highest BCUT2D eigenvalue weighted by Gasteiger charge is 2.12. The standard InChI is InChI=1S/C14H16BrN3O2/c1-10(2)18-8-12(13(15)17-18)16-14(19)20-9-11-6-4-3-5-7-11/h3-8,10H,9H2,1-2H3,(H,16,19). The van der Waals surface area contributed by atoms with Gasteiger partial charge in [0.05, 0.1) is 11.9 Å². The van der Waals surface area contributed by atoms with Gasteiger partial charge < -0.3 is 4.74 Å². The number of ether oxygens (including phenoxy) is 1. The zero-order valence-electron chi connectivity index (χ0n) is 11.3. The van der Waals surface area contributed by atoms with Crippen LogP contribution in [0.1, 0.15) is 25.5 Å². The van der Waals surface area contributed by atoms with Gasteiger partial charge in [0.1, 0.15) is 6.61 Å². The molecule has 0 aliphatic carbocycles. The number of amides is 1. The molecule has 0 atom stereocenters. The molecule has 2 aromatic rings. The van der Waals surface area contributed by atoms with Crippen LogP contribution in [0.5, 0.6) is 0 Å². The summed E-state index contributed by atoms with van der Waals surface area (Å²) >= 11 is 3.31. The van der Waals surface area contributed by atoms with Gasteiger partial charge in [-0.3, -0.25) is 10.00 Å². The lowest BCUT2D eigenvalue weighted by Crippen LogP contribution is -2.13. The van der Waals surface area contributed by atoms with Crippen LogP contribution in [0, 0.1) is 0 Å². The van der Waals surface area contributed by atoms with E-state index >= 15 is 0 Å². The number of anilines is 1. The molecule has 0 bridgehead atoms. The number of benzene rings is 1. The van der Waals surface area contributed by atoms with E-state index in [1.807, 2.05) is 44.2 Å². The quantitative estimate of drug-likeness (QED) is 0.918. The summed E-state index contributed by atoms with van der Waals surface area (Å²) in [6, 6.07) is 9.75. The normalized spacial score (nSPS) is 10.6. The van der Waals surface area contributed by atoms with Gasteiger partial charge in [-0.1, -0.05) is 30.3 Å².